The maximum Gasteiger partial charge on any atom is 0.244 e. The third kappa shape index (κ3) is 3.86. The number of nitrogens with one attached hydrogen (secondary N) is 1. The van der Waals surface area contributed by atoms with Gasteiger partial charge in [-0.15, -0.1) is 0 Å². The Hall–Kier alpha value is -0.880. The lowest BCUT2D eigenvalue weighted by atomic mass is 9.71. The van der Waals surface area contributed by atoms with Crippen LogP contribution in [0.1, 0.15) is 52.1 Å². The number of rotatable bonds is 3. The fourth-order valence-corrected chi connectivity index (χ4v) is 4.72. The molecule has 5 nitrogen and oxygen atoms in total. The molecule has 0 bridgehead atoms. The molecule has 1 aliphatic carbocycles. The van der Waals surface area contributed by atoms with Crippen LogP contribution in [0.5, 0.6) is 0 Å². The number of hydrogen-bond acceptors (Lipinski definition) is 3. The van der Waals surface area contributed by atoms with Crippen molar-refractivity contribution in [1.82, 2.24) is 14.5 Å². The van der Waals surface area contributed by atoms with Crippen LogP contribution in [0.2, 0.25) is 0 Å². The van der Waals surface area contributed by atoms with E-state index in [1.165, 1.54) is 0 Å². The largest absolute Gasteiger partial charge is 0.274 e. The van der Waals surface area contributed by atoms with Gasteiger partial charge < -0.3 is 0 Å². The number of hydrogen-bond donors (Lipinski definition) is 1. The Kier molecular flexibility index (Phi) is 4.49. The molecule has 0 aromatic carbocycles. The van der Waals surface area contributed by atoms with Crippen LogP contribution >= 0.6 is 0 Å². The minimum absolute atomic E-state index is 0.0493. The van der Waals surface area contributed by atoms with Gasteiger partial charge in [0.25, 0.3) is 0 Å². The topological polar surface area (TPSA) is 64.0 Å². The lowest BCUT2D eigenvalue weighted by Gasteiger charge is -2.37. The molecule has 0 atom stereocenters. The number of sulfonamides is 1. The van der Waals surface area contributed by atoms with Crippen LogP contribution in [-0.4, -0.2) is 24.2 Å². The van der Waals surface area contributed by atoms with E-state index < -0.39 is 10.0 Å². The van der Waals surface area contributed by atoms with Gasteiger partial charge in [0.2, 0.25) is 10.0 Å². The fraction of sp³-hybridized carbons (Fsp3) is 0.800. The van der Waals surface area contributed by atoms with E-state index in [1.807, 2.05) is 0 Å². The summed E-state index contributed by atoms with van der Waals surface area (Å²) in [6, 6.07) is 0.0493. The zero-order chi connectivity index (χ0) is 15.8. The minimum atomic E-state index is -3.46. The summed E-state index contributed by atoms with van der Waals surface area (Å²) in [4.78, 5) is 0.294. The van der Waals surface area contributed by atoms with Gasteiger partial charge in [-0.1, -0.05) is 20.8 Å². The van der Waals surface area contributed by atoms with Gasteiger partial charge in [0.15, 0.2) is 0 Å². The molecule has 0 amide bonds. The van der Waals surface area contributed by atoms with Crippen LogP contribution in [0.3, 0.4) is 0 Å². The maximum absolute atomic E-state index is 12.4. The van der Waals surface area contributed by atoms with E-state index >= 15 is 0 Å². The van der Waals surface area contributed by atoms with E-state index in [0.29, 0.717) is 21.9 Å². The molecule has 2 rings (SSSR count). The summed E-state index contributed by atoms with van der Waals surface area (Å²) in [6.07, 6.45) is 5.57. The van der Waals surface area contributed by atoms with Gasteiger partial charge in [0.05, 0.1) is 5.69 Å². The molecule has 120 valence electrons. The first-order valence-electron chi connectivity index (χ1n) is 7.62. The average molecular weight is 313 g/mol. The number of aryl methyl sites for hydroxylation is 2. The molecular weight excluding hydrogens is 286 g/mol. The number of nitrogens with zero attached hydrogens (tertiary/aromatic N) is 2. The normalized spacial score (nSPS) is 24.2. The van der Waals surface area contributed by atoms with Crippen molar-refractivity contribution in [3.8, 4) is 0 Å². The molecule has 1 saturated carbocycles. The highest BCUT2D eigenvalue weighted by molar-refractivity contribution is 7.89. The monoisotopic (exact) mass is 313 g/mol. The molecule has 0 spiro atoms. The van der Waals surface area contributed by atoms with Crippen molar-refractivity contribution in [2.45, 2.75) is 64.3 Å². The van der Waals surface area contributed by atoms with E-state index in [9.17, 15) is 8.42 Å². The van der Waals surface area contributed by atoms with Crippen molar-refractivity contribution in [1.29, 1.82) is 0 Å². The molecule has 0 aliphatic heterocycles. The zero-order valence-corrected chi connectivity index (χ0v) is 14.5. The minimum Gasteiger partial charge on any atom is -0.274 e. The molecule has 1 aliphatic rings. The number of aromatic nitrogens is 2. The summed E-state index contributed by atoms with van der Waals surface area (Å²) in [5.74, 6) is 0.679. The molecule has 1 aromatic heterocycles. The molecule has 0 unspecified atom stereocenters. The van der Waals surface area contributed by atoms with Crippen molar-refractivity contribution in [3.05, 3.63) is 11.9 Å². The average Bonchev–Trinajstić information content (AvgIpc) is 2.68. The SMILES string of the molecule is Cc1nn(C)cc1S(=O)(=O)NC1CCC(C(C)(C)C)CC1. The van der Waals surface area contributed by atoms with E-state index in [-0.39, 0.29) is 6.04 Å². The first kappa shape index (κ1) is 16.5. The van der Waals surface area contributed by atoms with E-state index in [4.69, 9.17) is 0 Å². The fourth-order valence-electron chi connectivity index (χ4n) is 3.20. The Morgan fingerprint density at radius 2 is 1.81 bits per heavy atom. The first-order chi connectivity index (χ1) is 9.59. The van der Waals surface area contributed by atoms with Gasteiger partial charge in [-0.05, 0) is 43.9 Å². The molecule has 21 heavy (non-hydrogen) atoms. The summed E-state index contributed by atoms with van der Waals surface area (Å²) >= 11 is 0. The predicted molar refractivity (Wildman–Crippen MR) is 83.5 cm³/mol. The lowest BCUT2D eigenvalue weighted by molar-refractivity contribution is 0.166. The van der Waals surface area contributed by atoms with Crippen LogP contribution < -0.4 is 4.72 Å². The quantitative estimate of drug-likeness (QED) is 0.933. The van der Waals surface area contributed by atoms with Crippen molar-refractivity contribution < 1.29 is 8.42 Å². The Labute approximate surface area is 128 Å². The third-order valence-electron chi connectivity index (χ3n) is 4.53. The molecular formula is C15H27N3O2S. The molecule has 1 N–H and O–H groups in total. The van der Waals surface area contributed by atoms with Crippen LogP contribution in [-0.2, 0) is 17.1 Å². The van der Waals surface area contributed by atoms with E-state index in [1.54, 1.807) is 24.9 Å². The second kappa shape index (κ2) is 5.72. The van der Waals surface area contributed by atoms with Gasteiger partial charge in [0, 0.05) is 19.3 Å². The Morgan fingerprint density at radius 1 is 1.24 bits per heavy atom. The van der Waals surface area contributed by atoms with E-state index in [0.717, 1.165) is 25.7 Å². The Balaban J connectivity index is 2.02. The molecule has 1 fully saturated rings. The molecule has 6 heteroatoms. The smallest absolute Gasteiger partial charge is 0.244 e. The molecule has 1 aromatic rings. The molecule has 0 radical (unpaired) electrons. The van der Waals surface area contributed by atoms with Crippen molar-refractivity contribution in [3.63, 3.8) is 0 Å². The highest BCUT2D eigenvalue weighted by atomic mass is 32.2. The van der Waals surface area contributed by atoms with Crippen LogP contribution in [0.4, 0.5) is 0 Å². The summed E-state index contributed by atoms with van der Waals surface area (Å²) in [5.41, 5.74) is 0.859. The van der Waals surface area contributed by atoms with Crippen molar-refractivity contribution in [2.75, 3.05) is 0 Å². The highest BCUT2D eigenvalue weighted by Gasteiger charge is 2.32. The summed E-state index contributed by atoms with van der Waals surface area (Å²) < 4.78 is 29.3. The molecule has 1 heterocycles. The second-order valence-corrected chi connectivity index (χ2v) is 8.97. The van der Waals surface area contributed by atoms with Crippen molar-refractivity contribution in [2.24, 2.45) is 18.4 Å². The van der Waals surface area contributed by atoms with Gasteiger partial charge in [0.1, 0.15) is 4.90 Å². The maximum atomic E-state index is 12.4. The lowest BCUT2D eigenvalue weighted by Crippen LogP contribution is -2.39. The Bertz CT molecular complexity index is 591. The first-order valence-corrected chi connectivity index (χ1v) is 9.10. The van der Waals surface area contributed by atoms with Crippen LogP contribution in [0, 0.1) is 18.3 Å². The molecule has 0 saturated heterocycles. The van der Waals surface area contributed by atoms with Gasteiger partial charge in [-0.2, -0.15) is 5.10 Å². The predicted octanol–water partition coefficient (Wildman–Crippen LogP) is 2.61. The standard InChI is InChI=1S/C15H27N3O2S/c1-11-14(10-18(5)16-11)21(19,20)17-13-8-6-12(7-9-13)15(2,3)4/h10,12-13,17H,6-9H2,1-5H3. The van der Waals surface area contributed by atoms with Crippen LogP contribution in [0.15, 0.2) is 11.1 Å². The summed E-state index contributed by atoms with van der Waals surface area (Å²) in [6.45, 7) is 8.52. The summed E-state index contributed by atoms with van der Waals surface area (Å²) in [5, 5.41) is 4.11. The van der Waals surface area contributed by atoms with Gasteiger partial charge in [-0.3, -0.25) is 4.68 Å². The second-order valence-electron chi connectivity index (χ2n) is 7.29. The van der Waals surface area contributed by atoms with Crippen molar-refractivity contribution >= 4 is 10.0 Å². The van der Waals surface area contributed by atoms with Crippen LogP contribution in [0.25, 0.3) is 0 Å². The van der Waals surface area contributed by atoms with Gasteiger partial charge >= 0.3 is 0 Å². The van der Waals surface area contributed by atoms with Gasteiger partial charge in [-0.25, -0.2) is 13.1 Å². The highest BCUT2D eigenvalue weighted by Crippen LogP contribution is 2.38. The Morgan fingerprint density at radius 3 is 2.24 bits per heavy atom. The zero-order valence-electron chi connectivity index (χ0n) is 13.7. The third-order valence-corrected chi connectivity index (χ3v) is 6.16. The van der Waals surface area contributed by atoms with E-state index in [2.05, 4.69) is 30.6 Å². The summed E-state index contributed by atoms with van der Waals surface area (Å²) in [7, 11) is -1.72.